The van der Waals surface area contributed by atoms with Crippen molar-refractivity contribution >= 4 is 23.4 Å². The van der Waals surface area contributed by atoms with Crippen LogP contribution in [-0.2, 0) is 4.74 Å². The number of hydrogen-bond donors (Lipinski definition) is 4. The number of nitrogens with two attached hydrogens (primary N) is 1. The van der Waals surface area contributed by atoms with Gasteiger partial charge < -0.3 is 26.0 Å². The first-order valence-corrected chi connectivity index (χ1v) is 7.22. The Morgan fingerprint density at radius 2 is 2.14 bits per heavy atom. The second-order valence-corrected chi connectivity index (χ2v) is 6.24. The molecule has 1 rings (SSSR count). The summed E-state index contributed by atoms with van der Waals surface area (Å²) in [6.07, 6.45) is -1.49. The van der Waals surface area contributed by atoms with Crippen LogP contribution < -0.4 is 11.1 Å². The van der Waals surface area contributed by atoms with E-state index in [1.165, 1.54) is 12.3 Å². The molecule has 0 saturated carbocycles. The topological polar surface area (TPSA) is 118 Å². The molecule has 0 aliphatic carbocycles. The zero-order valence-corrected chi connectivity index (χ0v) is 13.6. The van der Waals surface area contributed by atoms with E-state index in [2.05, 4.69) is 10.3 Å². The van der Waals surface area contributed by atoms with E-state index >= 15 is 0 Å². The van der Waals surface area contributed by atoms with Gasteiger partial charge >= 0.3 is 6.09 Å². The molecule has 0 aliphatic rings. The van der Waals surface area contributed by atoms with Gasteiger partial charge in [-0.15, -0.1) is 0 Å². The second-order valence-electron chi connectivity index (χ2n) is 5.88. The molecule has 1 heterocycles. The van der Waals surface area contributed by atoms with Gasteiger partial charge in [0.05, 0.1) is 18.0 Å². The van der Waals surface area contributed by atoms with Crippen LogP contribution >= 0.6 is 11.6 Å². The number of aliphatic hydroxyl groups excluding tert-OH is 2. The highest BCUT2D eigenvalue weighted by atomic mass is 35.5. The molecular formula is C14H22ClN3O4. The van der Waals surface area contributed by atoms with Gasteiger partial charge in [-0.05, 0) is 33.3 Å². The van der Waals surface area contributed by atoms with E-state index < -0.39 is 23.9 Å². The van der Waals surface area contributed by atoms with Gasteiger partial charge in [0.25, 0.3) is 0 Å². The van der Waals surface area contributed by atoms with Crippen LogP contribution in [0.3, 0.4) is 0 Å². The number of anilines is 1. The maximum absolute atomic E-state index is 11.5. The second kappa shape index (κ2) is 7.62. The fraction of sp³-hybridized carbons (Fsp3) is 0.571. The average Bonchev–Trinajstić information content (AvgIpc) is 2.38. The predicted molar refractivity (Wildman–Crippen MR) is 83.5 cm³/mol. The molecule has 0 radical (unpaired) electrons. The number of nitrogens with zero attached hydrogens (tertiary/aromatic N) is 1. The van der Waals surface area contributed by atoms with Crippen LogP contribution in [0.25, 0.3) is 0 Å². The molecule has 124 valence electrons. The maximum atomic E-state index is 11.5. The van der Waals surface area contributed by atoms with Crippen LogP contribution in [-0.4, -0.2) is 39.5 Å². The molecule has 0 spiro atoms. The minimum absolute atomic E-state index is 0.0702. The van der Waals surface area contributed by atoms with Gasteiger partial charge in [-0.3, -0.25) is 0 Å². The number of carbonyl (C=O) groups is 1. The minimum Gasteiger partial charge on any atom is -0.444 e. The molecule has 2 atom stereocenters. The average molecular weight is 332 g/mol. The first-order chi connectivity index (χ1) is 10.1. The monoisotopic (exact) mass is 331 g/mol. The van der Waals surface area contributed by atoms with Crippen molar-refractivity contribution in [3.63, 3.8) is 0 Å². The highest BCUT2D eigenvalue weighted by Crippen LogP contribution is 2.26. The molecule has 1 amide bonds. The maximum Gasteiger partial charge on any atom is 0.407 e. The van der Waals surface area contributed by atoms with Gasteiger partial charge in [0.15, 0.2) is 0 Å². The minimum atomic E-state index is -1.25. The summed E-state index contributed by atoms with van der Waals surface area (Å²) >= 11 is 5.86. The van der Waals surface area contributed by atoms with Crippen LogP contribution in [0, 0.1) is 0 Å². The third kappa shape index (κ3) is 6.05. The van der Waals surface area contributed by atoms with Gasteiger partial charge in [0.1, 0.15) is 16.9 Å². The van der Waals surface area contributed by atoms with Crippen molar-refractivity contribution in [3.8, 4) is 0 Å². The molecule has 0 fully saturated rings. The molecule has 7 nitrogen and oxygen atoms in total. The van der Waals surface area contributed by atoms with Gasteiger partial charge in [-0.1, -0.05) is 11.6 Å². The smallest absolute Gasteiger partial charge is 0.407 e. The Balaban J connectivity index is 2.50. The van der Waals surface area contributed by atoms with Crippen molar-refractivity contribution in [2.24, 2.45) is 0 Å². The van der Waals surface area contributed by atoms with Gasteiger partial charge in [0.2, 0.25) is 0 Å². The predicted octanol–water partition coefficient (Wildman–Crippen LogP) is 1.63. The standard InChI is InChI=1S/C14H22ClN3O4/c1-14(2,3)22-13(21)17-5-4-10(19)11(20)9-6-8(16)7-18-12(9)15/h6-7,10-11,19-20H,4-5,16H2,1-3H3,(H,17,21). The number of aliphatic hydroxyl groups is 2. The summed E-state index contributed by atoms with van der Waals surface area (Å²) in [5, 5.41) is 22.6. The summed E-state index contributed by atoms with van der Waals surface area (Å²) in [6, 6.07) is 1.45. The van der Waals surface area contributed by atoms with Gasteiger partial charge in [-0.2, -0.15) is 0 Å². The zero-order chi connectivity index (χ0) is 16.9. The summed E-state index contributed by atoms with van der Waals surface area (Å²) in [5.41, 5.74) is 5.56. The Morgan fingerprint density at radius 3 is 2.73 bits per heavy atom. The Morgan fingerprint density at radius 1 is 1.50 bits per heavy atom. The molecule has 1 aromatic heterocycles. The summed E-state index contributed by atoms with van der Waals surface area (Å²) < 4.78 is 5.06. The van der Waals surface area contributed by atoms with Crippen LogP contribution in [0.15, 0.2) is 12.3 Å². The van der Waals surface area contributed by atoms with E-state index in [9.17, 15) is 15.0 Å². The fourth-order valence-electron chi connectivity index (χ4n) is 1.69. The molecular weight excluding hydrogens is 310 g/mol. The number of ether oxygens (including phenoxy) is 1. The number of nitrogen functional groups attached to an aromatic ring is 1. The molecule has 1 aromatic rings. The summed E-state index contributed by atoms with van der Waals surface area (Å²) in [4.78, 5) is 15.3. The van der Waals surface area contributed by atoms with Crippen molar-refractivity contribution in [1.82, 2.24) is 10.3 Å². The first kappa shape index (κ1) is 18.5. The van der Waals surface area contributed by atoms with Crippen molar-refractivity contribution in [2.45, 2.75) is 45.0 Å². The number of rotatable bonds is 5. The molecule has 2 unspecified atom stereocenters. The van der Waals surface area contributed by atoms with Crippen LogP contribution in [0.4, 0.5) is 10.5 Å². The van der Waals surface area contributed by atoms with E-state index in [1.807, 2.05) is 0 Å². The summed E-state index contributed by atoms with van der Waals surface area (Å²) in [7, 11) is 0. The number of halogens is 1. The fourth-order valence-corrected chi connectivity index (χ4v) is 1.91. The normalized spacial score (nSPS) is 14.3. The van der Waals surface area contributed by atoms with E-state index in [4.69, 9.17) is 22.1 Å². The van der Waals surface area contributed by atoms with Crippen molar-refractivity contribution in [1.29, 1.82) is 0 Å². The number of amides is 1. The summed E-state index contributed by atoms with van der Waals surface area (Å²) in [5.74, 6) is 0. The first-order valence-electron chi connectivity index (χ1n) is 6.84. The third-order valence-electron chi connectivity index (χ3n) is 2.68. The lowest BCUT2D eigenvalue weighted by Gasteiger charge is -2.21. The molecule has 0 bridgehead atoms. The van der Waals surface area contributed by atoms with Crippen molar-refractivity contribution in [2.75, 3.05) is 12.3 Å². The molecule has 5 N–H and O–H groups in total. The van der Waals surface area contributed by atoms with E-state index in [0.717, 1.165) is 0 Å². The Kier molecular flexibility index (Phi) is 6.40. The number of alkyl carbamates (subject to hydrolysis) is 1. The van der Waals surface area contributed by atoms with Crippen LogP contribution in [0.1, 0.15) is 38.9 Å². The number of pyridine rings is 1. The molecule has 0 saturated heterocycles. The Labute approximate surface area is 134 Å². The zero-order valence-electron chi connectivity index (χ0n) is 12.8. The quantitative estimate of drug-likeness (QED) is 0.609. The molecule has 22 heavy (non-hydrogen) atoms. The van der Waals surface area contributed by atoms with Crippen molar-refractivity contribution < 1.29 is 19.7 Å². The largest absolute Gasteiger partial charge is 0.444 e. The molecule has 0 aliphatic heterocycles. The lowest BCUT2D eigenvalue weighted by molar-refractivity contribution is 0.0122. The lowest BCUT2D eigenvalue weighted by atomic mass is 10.0. The Bertz CT molecular complexity index is 519. The Hall–Kier alpha value is -1.57. The molecule has 0 aromatic carbocycles. The third-order valence-corrected chi connectivity index (χ3v) is 2.99. The molecule has 8 heteroatoms. The van der Waals surface area contributed by atoms with E-state index in [1.54, 1.807) is 20.8 Å². The highest BCUT2D eigenvalue weighted by molar-refractivity contribution is 6.30. The van der Waals surface area contributed by atoms with Gasteiger partial charge in [-0.25, -0.2) is 9.78 Å². The van der Waals surface area contributed by atoms with E-state index in [0.29, 0.717) is 5.69 Å². The number of aromatic nitrogens is 1. The van der Waals surface area contributed by atoms with Crippen LogP contribution in [0.2, 0.25) is 5.15 Å². The highest BCUT2D eigenvalue weighted by Gasteiger charge is 2.22. The summed E-state index contributed by atoms with van der Waals surface area (Å²) in [6.45, 7) is 5.39. The van der Waals surface area contributed by atoms with Crippen LogP contribution in [0.5, 0.6) is 0 Å². The number of nitrogens with one attached hydrogen (secondary N) is 1. The van der Waals surface area contributed by atoms with E-state index in [-0.39, 0.29) is 23.7 Å². The number of carbonyl (C=O) groups excluding carboxylic acids is 1. The SMILES string of the molecule is CC(C)(C)OC(=O)NCCC(O)C(O)c1cc(N)cnc1Cl. The lowest BCUT2D eigenvalue weighted by Crippen LogP contribution is -2.34. The van der Waals surface area contributed by atoms with Gasteiger partial charge in [0, 0.05) is 12.1 Å². The van der Waals surface area contributed by atoms with Crippen molar-refractivity contribution in [3.05, 3.63) is 23.0 Å². The number of hydrogen-bond acceptors (Lipinski definition) is 6.